The molecule has 4 rings (SSSR count). The van der Waals surface area contributed by atoms with E-state index < -0.39 is 8.07 Å². The second-order valence-electron chi connectivity index (χ2n) is 7.22. The summed E-state index contributed by atoms with van der Waals surface area (Å²) in [5.41, 5.74) is 4.09. The van der Waals surface area contributed by atoms with E-state index in [1.54, 1.807) is 18.9 Å². The van der Waals surface area contributed by atoms with Crippen molar-refractivity contribution in [2.75, 3.05) is 0 Å². The monoisotopic (exact) mass is 344 g/mol. The van der Waals surface area contributed by atoms with Crippen LogP contribution in [0, 0.1) is 0 Å². The summed E-state index contributed by atoms with van der Waals surface area (Å²) in [7, 11) is -1.29. The van der Waals surface area contributed by atoms with Crippen molar-refractivity contribution in [2.24, 2.45) is 0 Å². The van der Waals surface area contributed by atoms with E-state index in [0.717, 1.165) is 27.8 Å². The Kier molecular flexibility index (Phi) is 3.73. The summed E-state index contributed by atoms with van der Waals surface area (Å²) in [6.45, 7) is 7.08. The summed E-state index contributed by atoms with van der Waals surface area (Å²) in [5.74, 6) is 0. The molecule has 0 bridgehead atoms. The lowest BCUT2D eigenvalue weighted by molar-refractivity contribution is 1.06. The van der Waals surface area contributed by atoms with Gasteiger partial charge in [-0.25, -0.2) is 15.0 Å². The van der Waals surface area contributed by atoms with Crippen molar-refractivity contribution in [2.45, 2.75) is 19.6 Å². The van der Waals surface area contributed by atoms with Crippen LogP contribution in [0.2, 0.25) is 19.6 Å². The van der Waals surface area contributed by atoms with Gasteiger partial charge in [0.15, 0.2) is 0 Å². The van der Waals surface area contributed by atoms with Crippen LogP contribution in [0.15, 0.2) is 67.5 Å². The summed E-state index contributed by atoms with van der Waals surface area (Å²) in [5, 5.41) is 2.52. The SMILES string of the molecule is C[Si](C)(C)c1ccc(-c2ncnc3cc(-n4ccnc4)ccc23)cc1. The van der Waals surface area contributed by atoms with Crippen molar-refractivity contribution < 1.29 is 0 Å². The van der Waals surface area contributed by atoms with E-state index in [1.807, 2.05) is 10.8 Å². The van der Waals surface area contributed by atoms with Crippen molar-refractivity contribution >= 4 is 24.2 Å². The zero-order valence-electron chi connectivity index (χ0n) is 14.6. The lowest BCUT2D eigenvalue weighted by Gasteiger charge is -2.17. The zero-order valence-corrected chi connectivity index (χ0v) is 15.6. The summed E-state index contributed by atoms with van der Waals surface area (Å²) >= 11 is 0. The summed E-state index contributed by atoms with van der Waals surface area (Å²) in [6.07, 6.45) is 7.13. The van der Waals surface area contributed by atoms with Crippen LogP contribution in [0.1, 0.15) is 0 Å². The van der Waals surface area contributed by atoms with Gasteiger partial charge in [0.2, 0.25) is 0 Å². The van der Waals surface area contributed by atoms with E-state index in [4.69, 9.17) is 0 Å². The molecule has 0 saturated carbocycles. The molecule has 25 heavy (non-hydrogen) atoms. The van der Waals surface area contributed by atoms with Crippen LogP contribution in [-0.4, -0.2) is 27.6 Å². The Morgan fingerprint density at radius 1 is 0.920 bits per heavy atom. The summed E-state index contributed by atoms with van der Waals surface area (Å²) in [4.78, 5) is 13.1. The highest BCUT2D eigenvalue weighted by Gasteiger charge is 2.16. The fourth-order valence-corrected chi connectivity index (χ4v) is 4.14. The van der Waals surface area contributed by atoms with E-state index in [1.165, 1.54) is 5.19 Å². The summed E-state index contributed by atoms with van der Waals surface area (Å²) < 4.78 is 1.98. The third-order valence-corrected chi connectivity index (χ3v) is 6.51. The number of hydrogen-bond donors (Lipinski definition) is 0. The first-order valence-corrected chi connectivity index (χ1v) is 11.9. The molecule has 5 heteroatoms. The van der Waals surface area contributed by atoms with Gasteiger partial charge in [0.1, 0.15) is 6.33 Å². The van der Waals surface area contributed by atoms with E-state index in [2.05, 4.69) is 77.1 Å². The van der Waals surface area contributed by atoms with Gasteiger partial charge < -0.3 is 4.57 Å². The zero-order chi connectivity index (χ0) is 17.4. The second kappa shape index (κ2) is 5.93. The number of rotatable bonds is 3. The highest BCUT2D eigenvalue weighted by atomic mass is 28.3. The molecule has 0 spiro atoms. The Morgan fingerprint density at radius 2 is 1.72 bits per heavy atom. The number of benzene rings is 2. The van der Waals surface area contributed by atoms with Crippen LogP contribution in [0.25, 0.3) is 27.8 Å². The molecule has 2 aromatic carbocycles. The Bertz CT molecular complexity index is 1020. The average Bonchev–Trinajstić information content (AvgIpc) is 3.15. The van der Waals surface area contributed by atoms with Crippen LogP contribution in [0.5, 0.6) is 0 Å². The van der Waals surface area contributed by atoms with Gasteiger partial charge >= 0.3 is 0 Å². The van der Waals surface area contributed by atoms with Crippen LogP contribution in [0.4, 0.5) is 0 Å². The second-order valence-corrected chi connectivity index (χ2v) is 12.3. The Labute approximate surface area is 148 Å². The molecule has 4 aromatic rings. The molecule has 2 aromatic heterocycles. The topological polar surface area (TPSA) is 43.6 Å². The molecule has 0 unspecified atom stereocenters. The van der Waals surface area contributed by atoms with Gasteiger partial charge in [0.25, 0.3) is 0 Å². The minimum atomic E-state index is -1.29. The smallest absolute Gasteiger partial charge is 0.116 e. The molecule has 2 heterocycles. The van der Waals surface area contributed by atoms with Gasteiger partial charge in [-0.15, -0.1) is 0 Å². The lowest BCUT2D eigenvalue weighted by Crippen LogP contribution is -2.37. The molecule has 0 amide bonds. The number of fused-ring (bicyclic) bond motifs is 1. The highest BCUT2D eigenvalue weighted by molar-refractivity contribution is 6.88. The Morgan fingerprint density at radius 3 is 2.40 bits per heavy atom. The molecular weight excluding hydrogens is 324 g/mol. The van der Waals surface area contributed by atoms with Gasteiger partial charge in [0, 0.05) is 29.0 Å². The molecule has 0 fully saturated rings. The van der Waals surface area contributed by atoms with Gasteiger partial charge in [-0.2, -0.15) is 0 Å². The van der Waals surface area contributed by atoms with Crippen LogP contribution in [0.3, 0.4) is 0 Å². The molecule has 0 N–H and O–H groups in total. The number of hydrogen-bond acceptors (Lipinski definition) is 3. The minimum absolute atomic E-state index is 0.936. The minimum Gasteiger partial charge on any atom is -0.306 e. The van der Waals surface area contributed by atoms with Crippen molar-refractivity contribution in [3.8, 4) is 16.9 Å². The molecule has 0 aliphatic heterocycles. The largest absolute Gasteiger partial charge is 0.306 e. The number of imidazole rings is 1. The molecule has 0 saturated heterocycles. The van der Waals surface area contributed by atoms with Crippen LogP contribution >= 0.6 is 0 Å². The van der Waals surface area contributed by atoms with E-state index >= 15 is 0 Å². The fourth-order valence-electron chi connectivity index (χ4n) is 2.98. The average molecular weight is 344 g/mol. The summed E-state index contributed by atoms with van der Waals surface area (Å²) in [6, 6.07) is 15.1. The van der Waals surface area contributed by atoms with E-state index in [0.29, 0.717) is 0 Å². The van der Waals surface area contributed by atoms with Crippen molar-refractivity contribution in [1.82, 2.24) is 19.5 Å². The first kappa shape index (κ1) is 15.7. The van der Waals surface area contributed by atoms with Crippen LogP contribution < -0.4 is 5.19 Å². The first-order chi connectivity index (χ1) is 12.0. The van der Waals surface area contributed by atoms with Gasteiger partial charge in [-0.1, -0.05) is 49.1 Å². The molecule has 0 aliphatic carbocycles. The maximum atomic E-state index is 4.54. The molecule has 4 nitrogen and oxygen atoms in total. The fraction of sp³-hybridized carbons (Fsp3) is 0.150. The van der Waals surface area contributed by atoms with Gasteiger partial charge in [-0.05, 0) is 18.2 Å². The normalized spacial score (nSPS) is 11.8. The third kappa shape index (κ3) is 2.98. The van der Waals surface area contributed by atoms with Crippen molar-refractivity contribution in [3.63, 3.8) is 0 Å². The van der Waals surface area contributed by atoms with E-state index in [9.17, 15) is 0 Å². The van der Waals surface area contributed by atoms with Crippen molar-refractivity contribution in [3.05, 3.63) is 67.5 Å². The third-order valence-electron chi connectivity index (χ3n) is 4.45. The first-order valence-electron chi connectivity index (χ1n) is 8.36. The standard InChI is InChI=1S/C20H20N4Si/c1-25(2,3)17-7-4-15(5-8-17)20-18-9-6-16(24-11-10-21-14-24)12-19(18)22-13-23-20/h4-14H,1-3H3. The lowest BCUT2D eigenvalue weighted by atomic mass is 10.1. The van der Waals surface area contributed by atoms with Crippen LogP contribution in [-0.2, 0) is 0 Å². The Balaban J connectivity index is 1.80. The van der Waals surface area contributed by atoms with Crippen molar-refractivity contribution in [1.29, 1.82) is 0 Å². The predicted octanol–water partition coefficient (Wildman–Crippen LogP) is 4.03. The quantitative estimate of drug-likeness (QED) is 0.527. The maximum absolute atomic E-state index is 4.54. The predicted molar refractivity (Wildman–Crippen MR) is 105 cm³/mol. The van der Waals surface area contributed by atoms with E-state index in [-0.39, 0.29) is 0 Å². The molecule has 0 aliphatic rings. The molecule has 0 radical (unpaired) electrons. The molecule has 124 valence electrons. The van der Waals surface area contributed by atoms with Gasteiger partial charge in [-0.3, -0.25) is 0 Å². The number of aromatic nitrogens is 4. The highest BCUT2D eigenvalue weighted by Crippen LogP contribution is 2.26. The number of nitrogens with zero attached hydrogens (tertiary/aromatic N) is 4. The van der Waals surface area contributed by atoms with Gasteiger partial charge in [0.05, 0.1) is 25.6 Å². The molecule has 0 atom stereocenters. The Hall–Kier alpha value is -2.79. The maximum Gasteiger partial charge on any atom is 0.116 e. The molecular formula is C20H20N4Si.